The number of hydrogen-bond acceptors (Lipinski definition) is 5. The summed E-state index contributed by atoms with van der Waals surface area (Å²) in [4.78, 5) is 4.64. The van der Waals surface area contributed by atoms with Gasteiger partial charge in [-0.3, -0.25) is 9.80 Å². The minimum Gasteiger partial charge on any atom is -0.497 e. The molecule has 28 heavy (non-hydrogen) atoms. The van der Waals surface area contributed by atoms with Crippen LogP contribution in [0.5, 0.6) is 11.5 Å². The summed E-state index contributed by atoms with van der Waals surface area (Å²) in [6.45, 7) is 3.99. The molecule has 6 heteroatoms. The van der Waals surface area contributed by atoms with E-state index in [4.69, 9.17) is 9.47 Å². The van der Waals surface area contributed by atoms with Crippen LogP contribution in [0.4, 0.5) is 4.39 Å². The van der Waals surface area contributed by atoms with Crippen LogP contribution in [-0.4, -0.2) is 61.4 Å². The number of rotatable bonds is 8. The van der Waals surface area contributed by atoms with Gasteiger partial charge in [0.1, 0.15) is 17.3 Å². The van der Waals surface area contributed by atoms with Crippen LogP contribution in [0.25, 0.3) is 0 Å². The summed E-state index contributed by atoms with van der Waals surface area (Å²) in [6.07, 6.45) is 0.667. The summed E-state index contributed by atoms with van der Waals surface area (Å²) >= 11 is 0. The van der Waals surface area contributed by atoms with E-state index in [1.165, 1.54) is 13.2 Å². The van der Waals surface area contributed by atoms with E-state index in [2.05, 4.69) is 15.9 Å². The van der Waals surface area contributed by atoms with Gasteiger partial charge >= 0.3 is 0 Å². The SMILES string of the molecule is COc1ccc(CN2CCN(Cc3ccccc3OC)C[C@H]2CCO)c(F)c1. The number of methoxy groups -OCH3 is 2. The Hall–Kier alpha value is -2.15. The maximum atomic E-state index is 14.4. The maximum absolute atomic E-state index is 14.4. The molecule has 0 amide bonds. The van der Waals surface area contributed by atoms with E-state index in [0.29, 0.717) is 24.3 Å². The first-order valence-electron chi connectivity index (χ1n) is 9.66. The fraction of sp³-hybridized carbons (Fsp3) is 0.455. The molecule has 0 bridgehead atoms. The highest BCUT2D eigenvalue weighted by Gasteiger charge is 2.27. The fourth-order valence-corrected chi connectivity index (χ4v) is 3.81. The molecule has 1 fully saturated rings. The molecule has 152 valence electrons. The van der Waals surface area contributed by atoms with E-state index in [9.17, 15) is 9.50 Å². The van der Waals surface area contributed by atoms with E-state index >= 15 is 0 Å². The Morgan fingerprint density at radius 2 is 1.86 bits per heavy atom. The second-order valence-corrected chi connectivity index (χ2v) is 7.14. The predicted octanol–water partition coefficient (Wildman–Crippen LogP) is 2.91. The van der Waals surface area contributed by atoms with E-state index in [0.717, 1.165) is 37.5 Å². The van der Waals surface area contributed by atoms with Gasteiger partial charge in [0.15, 0.2) is 0 Å². The van der Waals surface area contributed by atoms with Crippen LogP contribution >= 0.6 is 0 Å². The topological polar surface area (TPSA) is 45.2 Å². The van der Waals surface area contributed by atoms with E-state index in [1.807, 2.05) is 18.2 Å². The summed E-state index contributed by atoms with van der Waals surface area (Å²) in [7, 11) is 3.22. The van der Waals surface area contributed by atoms with Crippen molar-refractivity contribution in [1.29, 1.82) is 0 Å². The number of hydrogen-bond donors (Lipinski definition) is 1. The minimum absolute atomic E-state index is 0.120. The predicted molar refractivity (Wildman–Crippen MR) is 107 cm³/mol. The highest BCUT2D eigenvalue weighted by atomic mass is 19.1. The quantitative estimate of drug-likeness (QED) is 0.753. The highest BCUT2D eigenvalue weighted by molar-refractivity contribution is 5.33. The zero-order valence-electron chi connectivity index (χ0n) is 16.6. The van der Waals surface area contributed by atoms with Crippen molar-refractivity contribution in [3.05, 3.63) is 59.4 Å². The molecule has 1 N–H and O–H groups in total. The van der Waals surface area contributed by atoms with Crippen molar-refractivity contribution >= 4 is 0 Å². The van der Waals surface area contributed by atoms with Crippen LogP contribution in [0.15, 0.2) is 42.5 Å². The second kappa shape index (κ2) is 9.87. The lowest BCUT2D eigenvalue weighted by molar-refractivity contribution is 0.0489. The number of piperazine rings is 1. The van der Waals surface area contributed by atoms with Crippen LogP contribution in [-0.2, 0) is 13.1 Å². The molecule has 5 nitrogen and oxygen atoms in total. The van der Waals surface area contributed by atoms with Crippen LogP contribution < -0.4 is 9.47 Å². The van der Waals surface area contributed by atoms with Crippen LogP contribution in [0.2, 0.25) is 0 Å². The Kier molecular flexibility index (Phi) is 7.25. The first kappa shape index (κ1) is 20.6. The molecule has 1 heterocycles. The number of ether oxygens (including phenoxy) is 2. The molecule has 2 aromatic rings. The third-order valence-electron chi connectivity index (χ3n) is 5.37. The fourth-order valence-electron chi connectivity index (χ4n) is 3.81. The Bertz CT molecular complexity index is 771. The lowest BCUT2D eigenvalue weighted by atomic mass is 10.1. The van der Waals surface area contributed by atoms with E-state index < -0.39 is 0 Å². The lowest BCUT2D eigenvalue weighted by Gasteiger charge is -2.41. The largest absolute Gasteiger partial charge is 0.497 e. The summed E-state index contributed by atoms with van der Waals surface area (Å²) in [5.41, 5.74) is 1.81. The van der Waals surface area contributed by atoms with Gasteiger partial charge < -0.3 is 14.6 Å². The molecule has 0 saturated carbocycles. The monoisotopic (exact) mass is 388 g/mol. The first-order valence-corrected chi connectivity index (χ1v) is 9.66. The number of aliphatic hydroxyl groups is 1. The van der Waals surface area contributed by atoms with Gasteiger partial charge in [0.2, 0.25) is 0 Å². The van der Waals surface area contributed by atoms with Crippen molar-refractivity contribution in [2.45, 2.75) is 25.6 Å². The number of aliphatic hydroxyl groups excluding tert-OH is 1. The second-order valence-electron chi connectivity index (χ2n) is 7.14. The molecule has 0 spiro atoms. The van der Waals surface area contributed by atoms with Gasteiger partial charge in [-0.05, 0) is 18.6 Å². The standard InChI is InChI=1S/C22H29FN2O3/c1-27-20-8-7-17(21(23)13-20)15-25-11-10-24(16-19(25)9-12-26)14-18-5-3-4-6-22(18)28-2/h3-8,13,19,26H,9-12,14-16H2,1-2H3/t19-/m1/s1. The highest BCUT2D eigenvalue weighted by Crippen LogP contribution is 2.24. The number of halogens is 1. The maximum Gasteiger partial charge on any atom is 0.131 e. The van der Waals surface area contributed by atoms with Gasteiger partial charge in [-0.1, -0.05) is 24.3 Å². The number of para-hydroxylation sites is 1. The molecule has 1 aliphatic heterocycles. The molecular weight excluding hydrogens is 359 g/mol. The van der Waals surface area contributed by atoms with Crippen molar-refractivity contribution in [1.82, 2.24) is 9.80 Å². The van der Waals surface area contributed by atoms with Crippen LogP contribution in [0.1, 0.15) is 17.5 Å². The Balaban J connectivity index is 1.67. The zero-order valence-corrected chi connectivity index (χ0v) is 16.6. The van der Waals surface area contributed by atoms with Crippen molar-refractivity contribution < 1.29 is 19.0 Å². The van der Waals surface area contributed by atoms with Gasteiger partial charge in [-0.15, -0.1) is 0 Å². The molecule has 1 atom stereocenters. The summed E-state index contributed by atoms with van der Waals surface area (Å²) in [5, 5.41) is 9.53. The molecule has 0 aromatic heterocycles. The smallest absolute Gasteiger partial charge is 0.131 e. The van der Waals surface area contributed by atoms with E-state index in [1.54, 1.807) is 19.2 Å². The zero-order chi connectivity index (χ0) is 19.9. The molecule has 2 aromatic carbocycles. The van der Waals surface area contributed by atoms with E-state index in [-0.39, 0.29) is 18.5 Å². The minimum atomic E-state index is -0.251. The summed E-state index contributed by atoms with van der Waals surface area (Å²) in [6, 6.07) is 13.2. The third kappa shape index (κ3) is 5.01. The van der Waals surface area contributed by atoms with Gasteiger partial charge in [0.05, 0.1) is 14.2 Å². The average molecular weight is 388 g/mol. The molecule has 1 aliphatic rings. The van der Waals surface area contributed by atoms with Gasteiger partial charge in [-0.2, -0.15) is 0 Å². The van der Waals surface area contributed by atoms with Crippen LogP contribution in [0, 0.1) is 5.82 Å². The van der Waals surface area contributed by atoms with Gasteiger partial charge in [-0.25, -0.2) is 4.39 Å². The Labute approximate surface area is 166 Å². The molecule has 3 rings (SSSR count). The van der Waals surface area contributed by atoms with Crippen LogP contribution in [0.3, 0.4) is 0 Å². The van der Waals surface area contributed by atoms with Crippen molar-refractivity contribution in [2.24, 2.45) is 0 Å². The van der Waals surface area contributed by atoms with Gasteiger partial charge in [0.25, 0.3) is 0 Å². The van der Waals surface area contributed by atoms with Gasteiger partial charge in [0, 0.05) is 62.6 Å². The third-order valence-corrected chi connectivity index (χ3v) is 5.37. The Morgan fingerprint density at radius 1 is 1.04 bits per heavy atom. The van der Waals surface area contributed by atoms with Crippen molar-refractivity contribution in [2.75, 3.05) is 40.5 Å². The lowest BCUT2D eigenvalue weighted by Crippen LogP contribution is -2.52. The molecule has 0 aliphatic carbocycles. The Morgan fingerprint density at radius 3 is 2.57 bits per heavy atom. The van der Waals surface area contributed by atoms with Crippen molar-refractivity contribution in [3.63, 3.8) is 0 Å². The number of benzene rings is 2. The average Bonchev–Trinajstić information content (AvgIpc) is 2.71. The normalized spacial score (nSPS) is 18.2. The molecule has 1 saturated heterocycles. The molecular formula is C22H29FN2O3. The first-order chi connectivity index (χ1) is 13.6. The molecule has 0 radical (unpaired) electrons. The van der Waals surface area contributed by atoms with Crippen molar-refractivity contribution in [3.8, 4) is 11.5 Å². The summed E-state index contributed by atoms with van der Waals surface area (Å²) < 4.78 is 24.9. The number of nitrogens with zero attached hydrogens (tertiary/aromatic N) is 2. The molecule has 0 unspecified atom stereocenters. The summed E-state index contributed by atoms with van der Waals surface area (Å²) in [5.74, 6) is 1.16.